The summed E-state index contributed by atoms with van der Waals surface area (Å²) < 4.78 is 29.6. The van der Waals surface area contributed by atoms with Gasteiger partial charge in [-0.2, -0.15) is 4.39 Å². The number of nitrogens with one attached hydrogen (secondary N) is 1. The van der Waals surface area contributed by atoms with Crippen molar-refractivity contribution in [1.29, 1.82) is 0 Å². The Labute approximate surface area is 142 Å². The third-order valence-electron chi connectivity index (χ3n) is 2.91. The summed E-state index contributed by atoms with van der Waals surface area (Å²) >= 11 is 4.31. The number of carboxylic acids is 1. The lowest BCUT2D eigenvalue weighted by Crippen LogP contribution is -2.25. The number of aromatic carboxylic acids is 1. The molecule has 0 aliphatic rings. The van der Waals surface area contributed by atoms with Gasteiger partial charge < -0.3 is 15.0 Å². The lowest BCUT2D eigenvalue weighted by Gasteiger charge is -2.14. The zero-order chi connectivity index (χ0) is 17.1. The molecule has 23 heavy (non-hydrogen) atoms. The van der Waals surface area contributed by atoms with Crippen molar-refractivity contribution < 1.29 is 18.7 Å². The van der Waals surface area contributed by atoms with Gasteiger partial charge in [-0.1, -0.05) is 15.9 Å². The van der Waals surface area contributed by atoms with E-state index in [1.165, 1.54) is 23.9 Å². The third-order valence-corrected chi connectivity index (χ3v) is 3.94. The second-order valence-corrected chi connectivity index (χ2v) is 6.23. The molecule has 0 fully saturated rings. The molecule has 0 aliphatic carbocycles. The zero-order valence-electron chi connectivity index (χ0n) is 11.8. The monoisotopic (exact) mass is 404 g/mol. The van der Waals surface area contributed by atoms with Gasteiger partial charge in [-0.25, -0.2) is 9.18 Å². The topological polar surface area (TPSA) is 71.3 Å². The van der Waals surface area contributed by atoms with Crippen molar-refractivity contribution in [2.45, 2.75) is 5.88 Å². The van der Waals surface area contributed by atoms with E-state index < -0.39 is 34.4 Å². The van der Waals surface area contributed by atoms with Crippen LogP contribution in [0.25, 0.3) is 0 Å². The van der Waals surface area contributed by atoms with Crippen molar-refractivity contribution in [1.82, 2.24) is 4.57 Å². The molecule has 1 heterocycles. The molecule has 0 amide bonds. The minimum Gasteiger partial charge on any atom is -0.478 e. The fourth-order valence-corrected chi connectivity index (χ4v) is 2.68. The number of aromatic nitrogens is 1. The molecule has 0 radical (unpaired) electrons. The summed E-state index contributed by atoms with van der Waals surface area (Å²) in [6.07, 6.45) is 2.72. The number of anilines is 2. The number of rotatable bonds is 5. The van der Waals surface area contributed by atoms with E-state index in [-0.39, 0.29) is 11.6 Å². The smallest absolute Gasteiger partial charge is 0.339 e. The lowest BCUT2D eigenvalue weighted by molar-refractivity contribution is 0.0696. The molecule has 5 nitrogen and oxygen atoms in total. The van der Waals surface area contributed by atoms with Crippen LogP contribution in [-0.2, 0) is 5.88 Å². The largest absolute Gasteiger partial charge is 0.478 e. The number of carboxylic acid groups (broad SMARTS) is 1. The molecular weight excluding hydrogens is 394 g/mol. The van der Waals surface area contributed by atoms with Crippen LogP contribution in [0.4, 0.5) is 20.2 Å². The van der Waals surface area contributed by atoms with Crippen molar-refractivity contribution in [2.24, 2.45) is 0 Å². The molecule has 1 aromatic carbocycles. The maximum atomic E-state index is 14.3. The van der Waals surface area contributed by atoms with Crippen molar-refractivity contribution in [2.75, 3.05) is 11.6 Å². The van der Waals surface area contributed by atoms with Gasteiger partial charge in [0.1, 0.15) is 11.4 Å². The summed E-state index contributed by atoms with van der Waals surface area (Å²) in [7, 11) is 0. The number of hydrogen-bond acceptors (Lipinski definition) is 4. The van der Waals surface area contributed by atoms with Crippen LogP contribution < -0.4 is 10.9 Å². The summed E-state index contributed by atoms with van der Waals surface area (Å²) in [5, 5.41) is 11.6. The molecular formula is C14H11BrF2N2O3S. The van der Waals surface area contributed by atoms with E-state index in [0.717, 1.165) is 16.8 Å². The molecule has 0 saturated carbocycles. The Kier molecular flexibility index (Phi) is 5.42. The Morgan fingerprint density at radius 1 is 1.43 bits per heavy atom. The first kappa shape index (κ1) is 17.5. The van der Waals surface area contributed by atoms with Gasteiger partial charge in [0.05, 0.1) is 17.3 Å². The number of pyridine rings is 1. The van der Waals surface area contributed by atoms with E-state index >= 15 is 0 Å². The second kappa shape index (κ2) is 7.14. The van der Waals surface area contributed by atoms with Gasteiger partial charge in [0.2, 0.25) is 5.82 Å². The van der Waals surface area contributed by atoms with Crippen LogP contribution in [0, 0.1) is 11.6 Å². The van der Waals surface area contributed by atoms with E-state index in [1.54, 1.807) is 6.26 Å². The van der Waals surface area contributed by atoms with Gasteiger partial charge >= 0.3 is 5.97 Å². The highest BCUT2D eigenvalue weighted by atomic mass is 79.9. The molecule has 122 valence electrons. The molecule has 0 atom stereocenters. The number of halogens is 3. The van der Waals surface area contributed by atoms with Crippen molar-refractivity contribution in [3.05, 3.63) is 56.4 Å². The first-order chi connectivity index (χ1) is 10.8. The van der Waals surface area contributed by atoms with Gasteiger partial charge in [-0.3, -0.25) is 4.79 Å². The quantitative estimate of drug-likeness (QED) is 0.795. The minimum atomic E-state index is -1.43. The molecule has 1 aromatic heterocycles. The van der Waals surface area contributed by atoms with Gasteiger partial charge in [-0.15, -0.1) is 11.8 Å². The average molecular weight is 405 g/mol. The number of hydrogen-bond donors (Lipinski definition) is 2. The Bertz CT molecular complexity index is 826. The first-order valence-corrected chi connectivity index (χ1v) is 8.41. The SMILES string of the molecule is CSCn1cc(C(=O)O)c(Nc2ccc(Br)cc2F)c(F)c1=O. The molecule has 2 aromatic rings. The number of thioether (sulfide) groups is 1. The van der Waals surface area contributed by atoms with Gasteiger partial charge in [0.25, 0.3) is 5.56 Å². The molecule has 0 bridgehead atoms. The van der Waals surface area contributed by atoms with E-state index in [9.17, 15) is 23.5 Å². The van der Waals surface area contributed by atoms with E-state index in [2.05, 4.69) is 21.2 Å². The molecule has 0 saturated heterocycles. The highest BCUT2D eigenvalue weighted by molar-refractivity contribution is 9.10. The summed E-state index contributed by atoms with van der Waals surface area (Å²) in [4.78, 5) is 23.3. The van der Waals surface area contributed by atoms with Crippen molar-refractivity contribution in [3.63, 3.8) is 0 Å². The predicted octanol–water partition coefficient (Wildman–Crippen LogP) is 3.65. The summed E-state index contributed by atoms with van der Waals surface area (Å²) in [5.74, 6) is -3.33. The fourth-order valence-electron chi connectivity index (χ4n) is 1.88. The third kappa shape index (κ3) is 3.73. The van der Waals surface area contributed by atoms with Crippen LogP contribution in [-0.4, -0.2) is 21.9 Å². The van der Waals surface area contributed by atoms with Crippen molar-refractivity contribution >= 4 is 45.0 Å². The second-order valence-electron chi connectivity index (χ2n) is 4.48. The maximum Gasteiger partial charge on any atom is 0.339 e. The van der Waals surface area contributed by atoms with E-state index in [4.69, 9.17) is 0 Å². The van der Waals surface area contributed by atoms with Crippen LogP contribution in [0.3, 0.4) is 0 Å². The molecule has 9 heteroatoms. The maximum absolute atomic E-state index is 14.3. The van der Waals surface area contributed by atoms with Crippen LogP contribution in [0.2, 0.25) is 0 Å². The standard InChI is InChI=1S/C14H11BrF2N2O3S/c1-23-6-19-5-8(14(21)22)12(11(17)13(19)20)18-10-3-2-7(15)4-9(10)16/h2-5,18H,6H2,1H3,(H,21,22). The number of nitrogens with zero attached hydrogens (tertiary/aromatic N) is 1. The molecule has 0 aliphatic heterocycles. The number of carbonyl (C=O) groups is 1. The Balaban J connectivity index is 2.59. The zero-order valence-corrected chi connectivity index (χ0v) is 14.2. The van der Waals surface area contributed by atoms with E-state index in [1.807, 2.05) is 0 Å². The predicted molar refractivity (Wildman–Crippen MR) is 88.5 cm³/mol. The first-order valence-electron chi connectivity index (χ1n) is 6.22. The Morgan fingerprint density at radius 3 is 2.70 bits per heavy atom. The van der Waals surface area contributed by atoms with Crippen molar-refractivity contribution in [3.8, 4) is 0 Å². The Morgan fingerprint density at radius 2 is 2.13 bits per heavy atom. The van der Waals surface area contributed by atoms with Gasteiger partial charge in [0.15, 0.2) is 0 Å². The minimum absolute atomic E-state index is 0.100. The lowest BCUT2D eigenvalue weighted by atomic mass is 10.2. The fraction of sp³-hybridized carbons (Fsp3) is 0.143. The average Bonchev–Trinajstić information content (AvgIpc) is 2.48. The van der Waals surface area contributed by atoms with Crippen LogP contribution in [0.1, 0.15) is 10.4 Å². The van der Waals surface area contributed by atoms with Crippen LogP contribution in [0.5, 0.6) is 0 Å². The molecule has 0 spiro atoms. The van der Waals surface area contributed by atoms with Gasteiger partial charge in [-0.05, 0) is 24.5 Å². The van der Waals surface area contributed by atoms with Crippen LogP contribution >= 0.6 is 27.7 Å². The summed E-state index contributed by atoms with van der Waals surface area (Å²) in [6.45, 7) is 0. The molecule has 2 rings (SSSR count). The number of benzene rings is 1. The molecule has 2 N–H and O–H groups in total. The normalized spacial score (nSPS) is 10.6. The highest BCUT2D eigenvalue weighted by Crippen LogP contribution is 2.26. The van der Waals surface area contributed by atoms with Crippen LogP contribution in [0.15, 0.2) is 33.7 Å². The summed E-state index contributed by atoms with van der Waals surface area (Å²) in [5.41, 5.74) is -2.15. The Hall–Kier alpha value is -1.87. The highest BCUT2D eigenvalue weighted by Gasteiger charge is 2.21. The summed E-state index contributed by atoms with van der Waals surface area (Å²) in [6, 6.07) is 3.94. The molecule has 0 unspecified atom stereocenters. The van der Waals surface area contributed by atoms with E-state index in [0.29, 0.717) is 4.47 Å². The van der Waals surface area contributed by atoms with Gasteiger partial charge in [0, 0.05) is 10.7 Å².